The molecule has 0 aromatic rings. The van der Waals surface area contributed by atoms with Crippen LogP contribution in [-0.4, -0.2) is 21.8 Å². The minimum absolute atomic E-state index is 0.155. The normalized spacial score (nSPS) is 23.5. The molecular weight excluding hydrogens is 180 g/mol. The standard InChI is InChI=1S/C10H22O2Si/c1-9(2,3)13(10(4,5)6)11-7-8-12-13/h7-8H2,1-6H3. The zero-order valence-electron chi connectivity index (χ0n) is 9.73. The summed E-state index contributed by atoms with van der Waals surface area (Å²) in [5, 5.41) is 0.309. The molecule has 0 aromatic carbocycles. The fourth-order valence-electron chi connectivity index (χ4n) is 2.40. The maximum atomic E-state index is 5.99. The van der Waals surface area contributed by atoms with Gasteiger partial charge in [0.05, 0.1) is 13.2 Å². The molecule has 1 fully saturated rings. The second-order valence-corrected chi connectivity index (χ2v) is 10.6. The molecule has 13 heavy (non-hydrogen) atoms. The van der Waals surface area contributed by atoms with E-state index in [-0.39, 0.29) is 10.1 Å². The Morgan fingerprint density at radius 2 is 1.08 bits per heavy atom. The van der Waals surface area contributed by atoms with Crippen molar-refractivity contribution in [2.45, 2.75) is 51.6 Å². The van der Waals surface area contributed by atoms with E-state index in [1.165, 1.54) is 0 Å². The van der Waals surface area contributed by atoms with Crippen molar-refractivity contribution in [1.29, 1.82) is 0 Å². The molecule has 1 aliphatic rings. The molecule has 2 nitrogen and oxygen atoms in total. The van der Waals surface area contributed by atoms with Crippen LogP contribution in [0.3, 0.4) is 0 Å². The molecule has 3 heteroatoms. The van der Waals surface area contributed by atoms with E-state index in [1.807, 2.05) is 0 Å². The highest BCUT2D eigenvalue weighted by molar-refractivity contribution is 6.73. The summed E-state index contributed by atoms with van der Waals surface area (Å²) >= 11 is 0. The van der Waals surface area contributed by atoms with Crippen molar-refractivity contribution in [3.05, 3.63) is 0 Å². The van der Waals surface area contributed by atoms with Gasteiger partial charge < -0.3 is 8.85 Å². The van der Waals surface area contributed by atoms with E-state index in [9.17, 15) is 0 Å². The van der Waals surface area contributed by atoms with Gasteiger partial charge in [-0.3, -0.25) is 0 Å². The Morgan fingerprint density at radius 1 is 0.769 bits per heavy atom. The predicted octanol–water partition coefficient (Wildman–Crippen LogP) is 3.08. The quantitative estimate of drug-likeness (QED) is 0.562. The van der Waals surface area contributed by atoms with Gasteiger partial charge in [0.15, 0.2) is 0 Å². The summed E-state index contributed by atoms with van der Waals surface area (Å²) in [6.07, 6.45) is 0. The third-order valence-electron chi connectivity index (χ3n) is 2.67. The second-order valence-electron chi connectivity index (χ2n) is 5.81. The van der Waals surface area contributed by atoms with E-state index in [0.29, 0.717) is 0 Å². The summed E-state index contributed by atoms with van der Waals surface area (Å²) in [6, 6.07) is 0. The van der Waals surface area contributed by atoms with Crippen LogP contribution in [0.2, 0.25) is 10.1 Å². The average Bonchev–Trinajstić information content (AvgIpc) is 2.28. The van der Waals surface area contributed by atoms with Crippen LogP contribution < -0.4 is 0 Å². The lowest BCUT2D eigenvalue weighted by atomic mass is 10.2. The van der Waals surface area contributed by atoms with Crippen molar-refractivity contribution < 1.29 is 8.85 Å². The molecule has 78 valence electrons. The van der Waals surface area contributed by atoms with Crippen LogP contribution in [-0.2, 0) is 8.85 Å². The van der Waals surface area contributed by atoms with Crippen LogP contribution in [0.15, 0.2) is 0 Å². The zero-order valence-corrected chi connectivity index (χ0v) is 10.7. The van der Waals surface area contributed by atoms with Crippen molar-refractivity contribution >= 4 is 8.56 Å². The fourth-order valence-corrected chi connectivity index (χ4v) is 7.21. The molecule has 0 amide bonds. The Morgan fingerprint density at radius 3 is 1.23 bits per heavy atom. The monoisotopic (exact) mass is 202 g/mol. The Labute approximate surface area is 82.9 Å². The molecule has 0 N–H and O–H groups in total. The van der Waals surface area contributed by atoms with Crippen LogP contribution in [0.4, 0.5) is 0 Å². The minimum atomic E-state index is -2.04. The maximum Gasteiger partial charge on any atom is 0.349 e. The molecule has 0 aliphatic carbocycles. The minimum Gasteiger partial charge on any atom is -0.391 e. The van der Waals surface area contributed by atoms with Crippen LogP contribution in [0.5, 0.6) is 0 Å². The summed E-state index contributed by atoms with van der Waals surface area (Å²) in [4.78, 5) is 0. The first kappa shape index (κ1) is 11.2. The molecular formula is C10H22O2Si. The van der Waals surface area contributed by atoms with Gasteiger partial charge in [-0.25, -0.2) is 0 Å². The van der Waals surface area contributed by atoms with Gasteiger partial charge in [-0.2, -0.15) is 0 Å². The van der Waals surface area contributed by atoms with E-state index < -0.39 is 8.56 Å². The van der Waals surface area contributed by atoms with Crippen molar-refractivity contribution in [3.63, 3.8) is 0 Å². The SMILES string of the molecule is CC(C)(C)[Si]1(C(C)(C)C)OCCO1. The highest BCUT2D eigenvalue weighted by Gasteiger charge is 2.60. The molecule has 1 rings (SSSR count). The van der Waals surface area contributed by atoms with E-state index in [4.69, 9.17) is 8.85 Å². The van der Waals surface area contributed by atoms with Crippen molar-refractivity contribution in [2.24, 2.45) is 0 Å². The van der Waals surface area contributed by atoms with Crippen molar-refractivity contribution in [3.8, 4) is 0 Å². The third kappa shape index (κ3) is 1.69. The first-order valence-corrected chi connectivity index (χ1v) is 6.80. The first-order chi connectivity index (χ1) is 5.71. The van der Waals surface area contributed by atoms with Gasteiger partial charge in [0.2, 0.25) is 0 Å². The fraction of sp³-hybridized carbons (Fsp3) is 1.00. The number of rotatable bonds is 0. The molecule has 0 spiro atoms. The summed E-state index contributed by atoms with van der Waals surface area (Å²) in [7, 11) is -2.04. The largest absolute Gasteiger partial charge is 0.391 e. The number of hydrogen-bond acceptors (Lipinski definition) is 2. The Kier molecular flexibility index (Phi) is 2.65. The molecule has 0 aromatic heterocycles. The van der Waals surface area contributed by atoms with Gasteiger partial charge >= 0.3 is 8.56 Å². The van der Waals surface area contributed by atoms with Crippen LogP contribution in [0, 0.1) is 0 Å². The highest BCUT2D eigenvalue weighted by atomic mass is 28.4. The Bertz CT molecular complexity index is 166. The van der Waals surface area contributed by atoms with E-state index in [0.717, 1.165) is 13.2 Å². The topological polar surface area (TPSA) is 18.5 Å². The maximum absolute atomic E-state index is 5.99. The lowest BCUT2D eigenvalue weighted by Gasteiger charge is -2.45. The predicted molar refractivity (Wildman–Crippen MR) is 57.1 cm³/mol. The van der Waals surface area contributed by atoms with Gasteiger partial charge in [-0.1, -0.05) is 41.5 Å². The van der Waals surface area contributed by atoms with E-state index in [2.05, 4.69) is 41.5 Å². The summed E-state index contributed by atoms with van der Waals surface area (Å²) < 4.78 is 12.0. The van der Waals surface area contributed by atoms with Gasteiger partial charge in [0.25, 0.3) is 0 Å². The second kappa shape index (κ2) is 3.07. The van der Waals surface area contributed by atoms with E-state index >= 15 is 0 Å². The Balaban J connectivity index is 3.02. The van der Waals surface area contributed by atoms with Crippen LogP contribution in [0.1, 0.15) is 41.5 Å². The summed E-state index contributed by atoms with van der Waals surface area (Å²) in [6.45, 7) is 14.9. The molecule has 1 heterocycles. The first-order valence-electron chi connectivity index (χ1n) is 4.99. The molecule has 1 aliphatic heterocycles. The summed E-state index contributed by atoms with van der Waals surface area (Å²) in [5.41, 5.74) is 0. The molecule has 0 atom stereocenters. The van der Waals surface area contributed by atoms with Gasteiger partial charge in [0, 0.05) is 10.1 Å². The summed E-state index contributed by atoms with van der Waals surface area (Å²) in [5.74, 6) is 0. The average molecular weight is 202 g/mol. The smallest absolute Gasteiger partial charge is 0.349 e. The third-order valence-corrected chi connectivity index (χ3v) is 7.84. The van der Waals surface area contributed by atoms with Gasteiger partial charge in [0.1, 0.15) is 0 Å². The van der Waals surface area contributed by atoms with Gasteiger partial charge in [-0.15, -0.1) is 0 Å². The van der Waals surface area contributed by atoms with Gasteiger partial charge in [-0.05, 0) is 0 Å². The van der Waals surface area contributed by atoms with Crippen LogP contribution in [0.25, 0.3) is 0 Å². The van der Waals surface area contributed by atoms with Crippen LogP contribution >= 0.6 is 0 Å². The Hall–Kier alpha value is 0.137. The van der Waals surface area contributed by atoms with Crippen molar-refractivity contribution in [2.75, 3.05) is 13.2 Å². The molecule has 0 unspecified atom stereocenters. The molecule has 1 saturated heterocycles. The molecule has 0 radical (unpaired) electrons. The van der Waals surface area contributed by atoms with E-state index in [1.54, 1.807) is 0 Å². The van der Waals surface area contributed by atoms with Crippen molar-refractivity contribution in [1.82, 2.24) is 0 Å². The molecule has 0 bridgehead atoms. The lowest BCUT2D eigenvalue weighted by molar-refractivity contribution is 0.257. The number of hydrogen-bond donors (Lipinski definition) is 0. The molecule has 0 saturated carbocycles. The zero-order chi connectivity index (χ0) is 10.3. The highest BCUT2D eigenvalue weighted by Crippen LogP contribution is 2.53. The lowest BCUT2D eigenvalue weighted by Crippen LogP contribution is -2.53.